The van der Waals surface area contributed by atoms with Crippen molar-refractivity contribution in [2.45, 2.75) is 51.9 Å². The van der Waals surface area contributed by atoms with E-state index >= 15 is 0 Å². The second-order valence-corrected chi connectivity index (χ2v) is 6.33. The molecule has 1 aliphatic heterocycles. The first-order valence-corrected chi connectivity index (χ1v) is 7.61. The number of hydrogen-bond donors (Lipinski definition) is 1. The summed E-state index contributed by atoms with van der Waals surface area (Å²) in [7, 11) is 0. The largest absolute Gasteiger partial charge is 0.389 e. The molecule has 0 fully saturated rings. The molecule has 1 heterocycles. The van der Waals surface area contributed by atoms with Crippen molar-refractivity contribution in [3.8, 4) is 0 Å². The molecular formula is C17H27NO2. The van der Waals surface area contributed by atoms with Crippen LogP contribution in [0.15, 0.2) is 24.3 Å². The van der Waals surface area contributed by atoms with Crippen LogP contribution in [0.25, 0.3) is 0 Å². The Balaban J connectivity index is 1.80. The Labute approximate surface area is 122 Å². The van der Waals surface area contributed by atoms with Crippen molar-refractivity contribution in [2.24, 2.45) is 0 Å². The molecule has 20 heavy (non-hydrogen) atoms. The van der Waals surface area contributed by atoms with Gasteiger partial charge in [0.05, 0.1) is 18.3 Å². The summed E-state index contributed by atoms with van der Waals surface area (Å²) >= 11 is 0. The van der Waals surface area contributed by atoms with Gasteiger partial charge in [-0.15, -0.1) is 0 Å². The Morgan fingerprint density at radius 1 is 1.30 bits per heavy atom. The maximum Gasteiger partial charge on any atom is 0.0900 e. The van der Waals surface area contributed by atoms with Gasteiger partial charge in [-0.2, -0.15) is 0 Å². The Morgan fingerprint density at radius 3 is 2.70 bits per heavy atom. The molecule has 0 aliphatic carbocycles. The van der Waals surface area contributed by atoms with Crippen LogP contribution < -0.4 is 0 Å². The van der Waals surface area contributed by atoms with E-state index in [9.17, 15) is 5.11 Å². The van der Waals surface area contributed by atoms with Gasteiger partial charge in [0.25, 0.3) is 0 Å². The van der Waals surface area contributed by atoms with E-state index in [0.717, 1.165) is 25.9 Å². The third-order valence-corrected chi connectivity index (χ3v) is 4.20. The molecule has 0 unspecified atom stereocenters. The quantitative estimate of drug-likeness (QED) is 0.867. The van der Waals surface area contributed by atoms with Crippen LogP contribution in [0.4, 0.5) is 0 Å². The maximum atomic E-state index is 10.1. The number of rotatable bonds is 6. The first-order valence-electron chi connectivity index (χ1n) is 7.61. The summed E-state index contributed by atoms with van der Waals surface area (Å²) in [4.78, 5) is 2.31. The highest BCUT2D eigenvalue weighted by Crippen LogP contribution is 2.19. The summed E-state index contributed by atoms with van der Waals surface area (Å²) in [5, 5.41) is 10.1. The fraction of sp³-hybridized carbons (Fsp3) is 0.647. The number of ether oxygens (including phenoxy) is 1. The Morgan fingerprint density at radius 2 is 2.00 bits per heavy atom. The zero-order valence-electron chi connectivity index (χ0n) is 12.9. The average molecular weight is 277 g/mol. The zero-order valence-corrected chi connectivity index (χ0v) is 12.9. The molecule has 0 aromatic heterocycles. The smallest absolute Gasteiger partial charge is 0.0900 e. The van der Waals surface area contributed by atoms with E-state index in [1.54, 1.807) is 0 Å². The molecule has 1 aliphatic rings. The van der Waals surface area contributed by atoms with Crippen molar-refractivity contribution in [1.29, 1.82) is 0 Å². The topological polar surface area (TPSA) is 32.7 Å². The fourth-order valence-electron chi connectivity index (χ4n) is 2.48. The highest BCUT2D eigenvalue weighted by molar-refractivity contribution is 5.29. The minimum atomic E-state index is -0.411. The van der Waals surface area contributed by atoms with Gasteiger partial charge in [0.1, 0.15) is 0 Å². The van der Waals surface area contributed by atoms with Gasteiger partial charge in [0, 0.05) is 19.6 Å². The SMILES string of the molecule is CCC(C)(C)OC[C@@H](O)CN1CCc2ccccc2C1. The molecule has 3 heteroatoms. The predicted molar refractivity (Wildman–Crippen MR) is 81.8 cm³/mol. The third kappa shape index (κ3) is 4.30. The first kappa shape index (κ1) is 15.5. The molecule has 1 aromatic carbocycles. The van der Waals surface area contributed by atoms with Crippen LogP contribution in [0.1, 0.15) is 38.3 Å². The Bertz CT molecular complexity index is 431. The molecule has 2 rings (SSSR count). The lowest BCUT2D eigenvalue weighted by Crippen LogP contribution is -2.39. The molecule has 1 atom stereocenters. The van der Waals surface area contributed by atoms with Crippen molar-refractivity contribution in [3.63, 3.8) is 0 Å². The molecule has 0 amide bonds. The van der Waals surface area contributed by atoms with Gasteiger partial charge in [-0.1, -0.05) is 31.2 Å². The summed E-state index contributed by atoms with van der Waals surface area (Å²) < 4.78 is 5.77. The van der Waals surface area contributed by atoms with Gasteiger partial charge in [-0.05, 0) is 37.8 Å². The summed E-state index contributed by atoms with van der Waals surface area (Å²) in [5.74, 6) is 0. The van der Waals surface area contributed by atoms with E-state index in [4.69, 9.17) is 4.74 Å². The van der Waals surface area contributed by atoms with E-state index in [2.05, 4.69) is 49.9 Å². The molecule has 1 aromatic rings. The van der Waals surface area contributed by atoms with E-state index < -0.39 is 6.10 Å². The van der Waals surface area contributed by atoms with E-state index in [1.807, 2.05) is 0 Å². The predicted octanol–water partition coefficient (Wildman–Crippen LogP) is 2.61. The van der Waals surface area contributed by atoms with E-state index in [1.165, 1.54) is 11.1 Å². The number of benzene rings is 1. The van der Waals surface area contributed by atoms with Crippen molar-refractivity contribution in [2.75, 3.05) is 19.7 Å². The molecule has 0 saturated heterocycles. The second-order valence-electron chi connectivity index (χ2n) is 6.33. The number of aliphatic hydroxyl groups excluding tert-OH is 1. The van der Waals surface area contributed by atoms with Gasteiger partial charge >= 0.3 is 0 Å². The summed E-state index contributed by atoms with van der Waals surface area (Å²) in [6, 6.07) is 8.58. The van der Waals surface area contributed by atoms with Crippen LogP contribution in [0.3, 0.4) is 0 Å². The van der Waals surface area contributed by atoms with Crippen LogP contribution in [-0.4, -0.2) is 41.4 Å². The maximum absolute atomic E-state index is 10.1. The van der Waals surface area contributed by atoms with Crippen LogP contribution >= 0.6 is 0 Å². The third-order valence-electron chi connectivity index (χ3n) is 4.20. The van der Waals surface area contributed by atoms with Gasteiger partial charge in [-0.25, -0.2) is 0 Å². The van der Waals surface area contributed by atoms with Crippen molar-refractivity contribution >= 4 is 0 Å². The number of aliphatic hydroxyl groups is 1. The van der Waals surface area contributed by atoms with E-state index in [-0.39, 0.29) is 5.60 Å². The number of nitrogens with zero attached hydrogens (tertiary/aromatic N) is 1. The minimum Gasteiger partial charge on any atom is -0.389 e. The summed E-state index contributed by atoms with van der Waals surface area (Å²) in [6.45, 7) is 9.30. The van der Waals surface area contributed by atoms with Crippen molar-refractivity contribution < 1.29 is 9.84 Å². The van der Waals surface area contributed by atoms with Crippen LogP contribution in [0, 0.1) is 0 Å². The van der Waals surface area contributed by atoms with Crippen molar-refractivity contribution in [1.82, 2.24) is 4.90 Å². The summed E-state index contributed by atoms with van der Waals surface area (Å²) in [6.07, 6.45) is 1.62. The van der Waals surface area contributed by atoms with Gasteiger partial charge in [0.15, 0.2) is 0 Å². The highest BCUT2D eigenvalue weighted by atomic mass is 16.5. The van der Waals surface area contributed by atoms with Gasteiger partial charge < -0.3 is 9.84 Å². The molecule has 0 bridgehead atoms. The molecule has 3 nitrogen and oxygen atoms in total. The monoisotopic (exact) mass is 277 g/mol. The number of fused-ring (bicyclic) bond motifs is 1. The Hall–Kier alpha value is -0.900. The Kier molecular flexibility index (Phi) is 5.19. The van der Waals surface area contributed by atoms with Crippen LogP contribution in [0.2, 0.25) is 0 Å². The minimum absolute atomic E-state index is 0.143. The van der Waals surface area contributed by atoms with Crippen molar-refractivity contribution in [3.05, 3.63) is 35.4 Å². The fourth-order valence-corrected chi connectivity index (χ4v) is 2.48. The normalized spacial score (nSPS) is 17.8. The standard InChI is InChI=1S/C17H27NO2/c1-4-17(2,3)20-13-16(19)12-18-10-9-14-7-5-6-8-15(14)11-18/h5-8,16,19H,4,9-13H2,1-3H3/t16-/m0/s1. The molecule has 0 spiro atoms. The van der Waals surface area contributed by atoms with Crippen LogP contribution in [0.5, 0.6) is 0 Å². The lowest BCUT2D eigenvalue weighted by atomic mass is 10.00. The van der Waals surface area contributed by atoms with Crippen LogP contribution in [-0.2, 0) is 17.7 Å². The first-order chi connectivity index (χ1) is 9.50. The molecule has 112 valence electrons. The molecule has 0 radical (unpaired) electrons. The molecular weight excluding hydrogens is 250 g/mol. The van der Waals surface area contributed by atoms with Gasteiger partial charge in [-0.3, -0.25) is 4.90 Å². The average Bonchev–Trinajstić information content (AvgIpc) is 2.45. The number of hydrogen-bond acceptors (Lipinski definition) is 3. The number of β-amino-alcohol motifs (C(OH)–C–C–N with tert-alkyl or cyclic N) is 1. The second kappa shape index (κ2) is 6.70. The van der Waals surface area contributed by atoms with Gasteiger partial charge in [0.2, 0.25) is 0 Å². The molecule has 1 N–H and O–H groups in total. The zero-order chi connectivity index (χ0) is 14.6. The lowest BCUT2D eigenvalue weighted by molar-refractivity contribution is -0.0679. The van der Waals surface area contributed by atoms with E-state index in [0.29, 0.717) is 13.2 Å². The summed E-state index contributed by atoms with van der Waals surface area (Å²) in [5.41, 5.74) is 2.69. The highest BCUT2D eigenvalue weighted by Gasteiger charge is 2.21. The molecule has 0 saturated carbocycles. The lowest BCUT2D eigenvalue weighted by Gasteiger charge is -2.31.